The van der Waals surface area contributed by atoms with Crippen molar-refractivity contribution in [3.05, 3.63) is 93.9 Å². The van der Waals surface area contributed by atoms with E-state index >= 15 is 0 Å². The van der Waals surface area contributed by atoms with E-state index in [1.165, 1.54) is 18.3 Å². The molecule has 0 radical (unpaired) electrons. The number of hydrogen-bond donors (Lipinski definition) is 4. The molecule has 1 heterocycles. The summed E-state index contributed by atoms with van der Waals surface area (Å²) in [7, 11) is 0. The molecule has 4 rings (SSSR count). The fraction of sp³-hybridized carbons (Fsp3) is 0.250. The van der Waals surface area contributed by atoms with Crippen molar-refractivity contribution in [1.29, 1.82) is 0 Å². The largest absolute Gasteiger partial charge is 0.449 e. The van der Waals surface area contributed by atoms with E-state index in [1.807, 2.05) is 36.4 Å². The van der Waals surface area contributed by atoms with Gasteiger partial charge in [-0.15, -0.1) is 0 Å². The molecule has 3 aromatic rings. The fourth-order valence-electron chi connectivity index (χ4n) is 3.97. The molecule has 7 heteroatoms. The van der Waals surface area contributed by atoms with Gasteiger partial charge in [-0.1, -0.05) is 48.5 Å². The highest BCUT2D eigenvalue weighted by molar-refractivity contribution is 5.79. The third-order valence-electron chi connectivity index (χ3n) is 5.53. The van der Waals surface area contributed by atoms with Gasteiger partial charge in [0.25, 0.3) is 0 Å². The molecule has 2 aromatic carbocycles. The number of carbonyl (C=O) groups excluding carboxylic acids is 1. The highest BCUT2D eigenvalue weighted by Gasteiger charge is 2.29. The maximum atomic E-state index is 12.2. The molecule has 0 saturated carbocycles. The average Bonchev–Trinajstić information content (AvgIpc) is 3.11. The van der Waals surface area contributed by atoms with Gasteiger partial charge in [-0.25, -0.2) is 4.79 Å². The second kappa shape index (κ2) is 9.16. The standard InChI is InChI=1S/C24H24N2O5/c27-15-9-11-25-21(13-15)23(29)22(28)10-12-26-24(30)31-14-20-18-7-3-1-5-16(18)17-6-2-4-8-19(17)20/h1-9,11,13,20,22-23,28-29H,10,12,14H2,(H,25,27)(H,26,30). The maximum Gasteiger partial charge on any atom is 0.407 e. The van der Waals surface area contributed by atoms with Crippen molar-refractivity contribution in [2.45, 2.75) is 24.5 Å². The van der Waals surface area contributed by atoms with Crippen molar-refractivity contribution in [1.82, 2.24) is 10.3 Å². The molecule has 0 saturated heterocycles. The van der Waals surface area contributed by atoms with Crippen molar-refractivity contribution >= 4 is 6.09 Å². The van der Waals surface area contributed by atoms with Crippen molar-refractivity contribution < 1.29 is 19.7 Å². The molecule has 7 nitrogen and oxygen atoms in total. The molecule has 0 bridgehead atoms. The minimum atomic E-state index is -1.25. The number of rotatable bonds is 7. The first-order chi connectivity index (χ1) is 15.0. The minimum absolute atomic E-state index is 0.0273. The molecule has 1 aromatic heterocycles. The van der Waals surface area contributed by atoms with Gasteiger partial charge in [0.1, 0.15) is 12.7 Å². The smallest absolute Gasteiger partial charge is 0.407 e. The summed E-state index contributed by atoms with van der Waals surface area (Å²) in [5.41, 5.74) is 4.53. The number of aliphatic hydroxyl groups is 2. The number of fused-ring (bicyclic) bond motifs is 3. The molecular weight excluding hydrogens is 396 g/mol. The summed E-state index contributed by atoms with van der Waals surface area (Å²) in [5, 5.41) is 22.9. The zero-order chi connectivity index (χ0) is 21.8. The lowest BCUT2D eigenvalue weighted by Crippen LogP contribution is -2.31. The zero-order valence-electron chi connectivity index (χ0n) is 16.8. The lowest BCUT2D eigenvalue weighted by atomic mass is 9.98. The fourth-order valence-corrected chi connectivity index (χ4v) is 3.97. The maximum absolute atomic E-state index is 12.2. The average molecular weight is 420 g/mol. The minimum Gasteiger partial charge on any atom is -0.449 e. The lowest BCUT2D eigenvalue weighted by molar-refractivity contribution is 0.0111. The van der Waals surface area contributed by atoms with Crippen LogP contribution in [0.3, 0.4) is 0 Å². The summed E-state index contributed by atoms with van der Waals surface area (Å²) in [4.78, 5) is 26.3. The molecule has 160 valence electrons. The van der Waals surface area contributed by atoms with Crippen LogP contribution < -0.4 is 10.7 Å². The molecule has 1 aliphatic rings. The summed E-state index contributed by atoms with van der Waals surface area (Å²) in [6.45, 7) is 0.322. The van der Waals surface area contributed by atoms with E-state index in [1.54, 1.807) is 0 Å². The predicted molar refractivity (Wildman–Crippen MR) is 116 cm³/mol. The first-order valence-corrected chi connectivity index (χ1v) is 10.2. The van der Waals surface area contributed by atoms with E-state index in [0.29, 0.717) is 0 Å². The Hall–Kier alpha value is -3.42. The van der Waals surface area contributed by atoms with Gasteiger partial charge in [0, 0.05) is 30.8 Å². The van der Waals surface area contributed by atoms with E-state index in [-0.39, 0.29) is 36.6 Å². The Morgan fingerprint density at radius 2 is 1.68 bits per heavy atom. The number of benzene rings is 2. The number of H-pyrrole nitrogens is 1. The van der Waals surface area contributed by atoms with E-state index in [0.717, 1.165) is 22.3 Å². The van der Waals surface area contributed by atoms with Gasteiger partial charge < -0.3 is 25.3 Å². The lowest BCUT2D eigenvalue weighted by Gasteiger charge is -2.18. The number of pyridine rings is 1. The molecule has 1 aliphatic carbocycles. The van der Waals surface area contributed by atoms with Crippen LogP contribution in [0.5, 0.6) is 0 Å². The van der Waals surface area contributed by atoms with E-state index in [9.17, 15) is 19.8 Å². The van der Waals surface area contributed by atoms with Crippen LogP contribution in [-0.2, 0) is 4.74 Å². The predicted octanol–water partition coefficient (Wildman–Crippen LogP) is 2.70. The van der Waals surface area contributed by atoms with Gasteiger partial charge in [0.2, 0.25) is 0 Å². The number of aromatic nitrogens is 1. The quantitative estimate of drug-likeness (QED) is 0.470. The topological polar surface area (TPSA) is 112 Å². The molecular formula is C24H24N2O5. The van der Waals surface area contributed by atoms with E-state index in [4.69, 9.17) is 4.74 Å². The number of hydrogen-bond acceptors (Lipinski definition) is 5. The molecule has 2 atom stereocenters. The number of aliphatic hydroxyl groups excluding tert-OH is 2. The van der Waals surface area contributed by atoms with Gasteiger partial charge in [-0.3, -0.25) is 4.79 Å². The molecule has 1 amide bonds. The number of nitrogens with one attached hydrogen (secondary N) is 2. The van der Waals surface area contributed by atoms with E-state index in [2.05, 4.69) is 22.4 Å². The number of alkyl carbamates (subject to hydrolysis) is 1. The molecule has 2 unspecified atom stereocenters. The molecule has 31 heavy (non-hydrogen) atoms. The van der Waals surface area contributed by atoms with Gasteiger partial charge in [-0.2, -0.15) is 0 Å². The van der Waals surface area contributed by atoms with Crippen LogP contribution >= 0.6 is 0 Å². The molecule has 4 N–H and O–H groups in total. The normalized spacial score (nSPS) is 14.4. The Morgan fingerprint density at radius 3 is 2.32 bits per heavy atom. The van der Waals surface area contributed by atoms with Crippen LogP contribution in [-0.4, -0.2) is 40.5 Å². The number of carbonyl (C=O) groups is 1. The summed E-state index contributed by atoms with van der Waals surface area (Å²) in [5.74, 6) is -0.0273. The zero-order valence-corrected chi connectivity index (χ0v) is 16.8. The SMILES string of the molecule is O=C(NCCC(O)C(O)c1cc(=O)cc[nH]1)OCC1c2ccccc2-c2ccccc21. The van der Waals surface area contributed by atoms with Crippen LogP contribution in [0.1, 0.15) is 35.3 Å². The van der Waals surface area contributed by atoms with Gasteiger partial charge in [-0.05, 0) is 28.7 Å². The second-order valence-corrected chi connectivity index (χ2v) is 7.53. The highest BCUT2D eigenvalue weighted by Crippen LogP contribution is 2.44. The Balaban J connectivity index is 1.29. The van der Waals surface area contributed by atoms with Gasteiger partial charge in [0.05, 0.1) is 11.8 Å². The third kappa shape index (κ3) is 4.52. The second-order valence-electron chi connectivity index (χ2n) is 7.53. The number of amides is 1. The molecule has 0 fully saturated rings. The van der Waals surface area contributed by atoms with Gasteiger partial charge in [0.15, 0.2) is 5.43 Å². The Labute approximate surface area is 179 Å². The van der Waals surface area contributed by atoms with Gasteiger partial charge >= 0.3 is 6.09 Å². The summed E-state index contributed by atoms with van der Waals surface area (Å²) in [6, 6.07) is 18.7. The number of ether oxygens (including phenoxy) is 1. The van der Waals surface area contributed by atoms with Crippen molar-refractivity contribution in [3.63, 3.8) is 0 Å². The van der Waals surface area contributed by atoms with Crippen LogP contribution in [0.4, 0.5) is 4.79 Å². The van der Waals surface area contributed by atoms with Crippen molar-refractivity contribution in [3.8, 4) is 11.1 Å². The van der Waals surface area contributed by atoms with Crippen molar-refractivity contribution in [2.75, 3.05) is 13.2 Å². The van der Waals surface area contributed by atoms with Crippen LogP contribution in [0.2, 0.25) is 0 Å². The summed E-state index contributed by atoms with van der Waals surface area (Å²) in [6.07, 6.45) is -1.48. The Kier molecular flexibility index (Phi) is 6.16. The Morgan fingerprint density at radius 1 is 1.03 bits per heavy atom. The monoisotopic (exact) mass is 420 g/mol. The van der Waals surface area contributed by atoms with E-state index < -0.39 is 18.3 Å². The first kappa shape index (κ1) is 20.8. The summed E-state index contributed by atoms with van der Waals surface area (Å²) < 4.78 is 5.44. The van der Waals surface area contributed by atoms with Crippen molar-refractivity contribution in [2.24, 2.45) is 0 Å². The van der Waals surface area contributed by atoms with Crippen LogP contribution in [0.25, 0.3) is 11.1 Å². The van der Waals surface area contributed by atoms with Crippen LogP contribution in [0, 0.1) is 0 Å². The highest BCUT2D eigenvalue weighted by atomic mass is 16.5. The third-order valence-corrected chi connectivity index (χ3v) is 5.53. The van der Waals surface area contributed by atoms with Crippen LogP contribution in [0.15, 0.2) is 71.7 Å². The molecule has 0 aliphatic heterocycles. The summed E-state index contributed by atoms with van der Waals surface area (Å²) >= 11 is 0. The first-order valence-electron chi connectivity index (χ1n) is 10.2. The Bertz CT molecular complexity index is 1080. The molecule has 0 spiro atoms. The number of aromatic amines is 1.